The maximum absolute atomic E-state index is 12.4. The van der Waals surface area contributed by atoms with Gasteiger partial charge in [0.1, 0.15) is 6.61 Å². The van der Waals surface area contributed by atoms with Gasteiger partial charge in [-0.1, -0.05) is 36.4 Å². The van der Waals surface area contributed by atoms with Gasteiger partial charge in [-0.05, 0) is 36.1 Å². The Bertz CT molecular complexity index is 849. The van der Waals surface area contributed by atoms with Crippen molar-refractivity contribution in [2.75, 3.05) is 11.4 Å². The molecule has 7 heteroatoms. The van der Waals surface area contributed by atoms with Gasteiger partial charge in [0, 0.05) is 6.54 Å². The summed E-state index contributed by atoms with van der Waals surface area (Å²) < 4.78 is 37.2. The molecule has 0 spiro atoms. The maximum atomic E-state index is 12.4. The largest absolute Gasteiger partial charge is 0.444 e. The zero-order chi connectivity index (χ0) is 17.2. The SMILES string of the molecule is O=C(OCc1ccccc1)N1CCCc2ccc(S(=O)(=O)O)cc21. The molecule has 0 aliphatic carbocycles. The Labute approximate surface area is 140 Å². The number of carbonyl (C=O) groups excluding carboxylic acids is 1. The lowest BCUT2D eigenvalue weighted by molar-refractivity contribution is 0.146. The molecule has 1 heterocycles. The Morgan fingerprint density at radius 2 is 1.92 bits per heavy atom. The molecule has 3 rings (SSSR count). The van der Waals surface area contributed by atoms with Crippen LogP contribution in [0.2, 0.25) is 0 Å². The minimum Gasteiger partial charge on any atom is -0.444 e. The van der Waals surface area contributed by atoms with Gasteiger partial charge in [0.15, 0.2) is 0 Å². The van der Waals surface area contributed by atoms with Gasteiger partial charge in [-0.3, -0.25) is 9.45 Å². The molecule has 2 aromatic carbocycles. The lowest BCUT2D eigenvalue weighted by Gasteiger charge is -2.29. The van der Waals surface area contributed by atoms with Crippen molar-refractivity contribution in [3.63, 3.8) is 0 Å². The van der Waals surface area contributed by atoms with Gasteiger partial charge >= 0.3 is 6.09 Å². The summed E-state index contributed by atoms with van der Waals surface area (Å²) in [6.45, 7) is 0.582. The van der Waals surface area contributed by atoms with Crippen molar-refractivity contribution in [3.05, 3.63) is 59.7 Å². The molecule has 1 N–H and O–H groups in total. The van der Waals surface area contributed by atoms with Crippen molar-refractivity contribution in [1.29, 1.82) is 0 Å². The molecular formula is C17H17NO5S. The Balaban J connectivity index is 1.81. The minimum absolute atomic E-state index is 0.142. The van der Waals surface area contributed by atoms with Crippen LogP contribution in [-0.2, 0) is 27.9 Å². The number of benzene rings is 2. The highest BCUT2D eigenvalue weighted by Crippen LogP contribution is 2.30. The topological polar surface area (TPSA) is 83.9 Å². The van der Waals surface area contributed by atoms with Gasteiger partial charge < -0.3 is 4.74 Å². The minimum atomic E-state index is -4.32. The van der Waals surface area contributed by atoms with Gasteiger partial charge in [0.2, 0.25) is 0 Å². The summed E-state index contributed by atoms with van der Waals surface area (Å²) in [6.07, 6.45) is 0.967. The van der Waals surface area contributed by atoms with E-state index in [9.17, 15) is 17.8 Å². The molecule has 0 bridgehead atoms. The lowest BCUT2D eigenvalue weighted by atomic mass is 10.0. The smallest absolute Gasteiger partial charge is 0.414 e. The van der Waals surface area contributed by atoms with Crippen molar-refractivity contribution >= 4 is 21.9 Å². The molecule has 0 saturated heterocycles. The number of aryl methyl sites for hydroxylation is 1. The number of nitrogens with zero attached hydrogens (tertiary/aromatic N) is 1. The van der Waals surface area contributed by atoms with Crippen LogP contribution in [0.4, 0.5) is 10.5 Å². The van der Waals surface area contributed by atoms with E-state index in [4.69, 9.17) is 4.74 Å². The van der Waals surface area contributed by atoms with E-state index in [0.717, 1.165) is 24.0 Å². The Morgan fingerprint density at radius 3 is 2.62 bits per heavy atom. The van der Waals surface area contributed by atoms with Crippen molar-refractivity contribution in [3.8, 4) is 0 Å². The number of hydrogen-bond acceptors (Lipinski definition) is 4. The number of rotatable bonds is 3. The number of anilines is 1. The second kappa shape index (κ2) is 6.62. The van der Waals surface area contributed by atoms with Crippen molar-refractivity contribution in [2.24, 2.45) is 0 Å². The van der Waals surface area contributed by atoms with Crippen LogP contribution >= 0.6 is 0 Å². The first-order valence-electron chi connectivity index (χ1n) is 7.54. The van der Waals surface area contributed by atoms with E-state index in [0.29, 0.717) is 12.2 Å². The van der Waals surface area contributed by atoms with Crippen molar-refractivity contribution in [2.45, 2.75) is 24.3 Å². The van der Waals surface area contributed by atoms with Gasteiger partial charge in [0.25, 0.3) is 10.1 Å². The summed E-state index contributed by atoms with van der Waals surface area (Å²) in [5.41, 5.74) is 2.19. The summed E-state index contributed by atoms with van der Waals surface area (Å²) in [4.78, 5) is 13.6. The van der Waals surface area contributed by atoms with E-state index in [-0.39, 0.29) is 11.5 Å². The molecule has 0 fully saturated rings. The predicted octanol–water partition coefficient (Wildman–Crippen LogP) is 3.02. The second-order valence-corrected chi connectivity index (χ2v) is 6.98. The van der Waals surface area contributed by atoms with E-state index in [1.165, 1.54) is 17.0 Å². The second-order valence-electron chi connectivity index (χ2n) is 5.56. The molecule has 0 atom stereocenters. The Kier molecular flexibility index (Phi) is 4.55. The molecule has 0 saturated carbocycles. The quantitative estimate of drug-likeness (QED) is 0.863. The first-order valence-corrected chi connectivity index (χ1v) is 8.98. The number of fused-ring (bicyclic) bond motifs is 1. The van der Waals surface area contributed by atoms with Crippen LogP contribution in [0, 0.1) is 0 Å². The van der Waals surface area contributed by atoms with E-state index in [1.54, 1.807) is 6.07 Å². The fourth-order valence-corrected chi connectivity index (χ4v) is 3.20. The zero-order valence-corrected chi connectivity index (χ0v) is 13.7. The third-order valence-electron chi connectivity index (χ3n) is 3.90. The molecule has 0 radical (unpaired) electrons. The van der Waals surface area contributed by atoms with Crippen LogP contribution in [0.1, 0.15) is 17.5 Å². The van der Waals surface area contributed by atoms with E-state index >= 15 is 0 Å². The summed E-state index contributed by atoms with van der Waals surface area (Å²) >= 11 is 0. The van der Waals surface area contributed by atoms with Gasteiger partial charge in [-0.15, -0.1) is 0 Å². The third-order valence-corrected chi connectivity index (χ3v) is 4.75. The van der Waals surface area contributed by atoms with Crippen LogP contribution in [0.25, 0.3) is 0 Å². The molecule has 1 aliphatic rings. The molecule has 2 aromatic rings. The average Bonchev–Trinajstić information content (AvgIpc) is 2.58. The molecular weight excluding hydrogens is 330 g/mol. The maximum Gasteiger partial charge on any atom is 0.414 e. The lowest BCUT2D eigenvalue weighted by Crippen LogP contribution is -2.36. The Morgan fingerprint density at radius 1 is 1.17 bits per heavy atom. The van der Waals surface area contributed by atoms with Gasteiger partial charge in [0.05, 0.1) is 10.6 Å². The first kappa shape index (κ1) is 16.5. The molecule has 1 aliphatic heterocycles. The highest BCUT2D eigenvalue weighted by molar-refractivity contribution is 7.85. The third kappa shape index (κ3) is 3.58. The van der Waals surface area contributed by atoms with Gasteiger partial charge in [-0.25, -0.2) is 4.79 Å². The number of ether oxygens (including phenoxy) is 1. The number of amides is 1. The van der Waals surface area contributed by atoms with Crippen LogP contribution in [0.15, 0.2) is 53.4 Å². The summed E-state index contributed by atoms with van der Waals surface area (Å²) in [7, 11) is -4.32. The fourth-order valence-electron chi connectivity index (χ4n) is 2.70. The van der Waals surface area contributed by atoms with Crippen LogP contribution in [-0.4, -0.2) is 25.6 Å². The normalized spacial score (nSPS) is 14.1. The molecule has 6 nitrogen and oxygen atoms in total. The van der Waals surface area contributed by atoms with E-state index in [1.807, 2.05) is 30.3 Å². The monoisotopic (exact) mass is 347 g/mol. The van der Waals surface area contributed by atoms with E-state index in [2.05, 4.69) is 0 Å². The van der Waals surface area contributed by atoms with Crippen molar-refractivity contribution < 1.29 is 22.5 Å². The molecule has 0 unspecified atom stereocenters. The summed E-state index contributed by atoms with van der Waals surface area (Å²) in [5, 5.41) is 0. The van der Waals surface area contributed by atoms with Crippen LogP contribution < -0.4 is 4.90 Å². The summed E-state index contributed by atoms with van der Waals surface area (Å²) in [6, 6.07) is 13.6. The van der Waals surface area contributed by atoms with Crippen LogP contribution in [0.5, 0.6) is 0 Å². The highest BCUT2D eigenvalue weighted by atomic mass is 32.2. The number of hydrogen-bond donors (Lipinski definition) is 1. The first-order chi connectivity index (χ1) is 11.4. The zero-order valence-electron chi connectivity index (χ0n) is 12.9. The highest BCUT2D eigenvalue weighted by Gasteiger charge is 2.25. The molecule has 0 aromatic heterocycles. The van der Waals surface area contributed by atoms with E-state index < -0.39 is 16.2 Å². The molecule has 1 amide bonds. The van der Waals surface area contributed by atoms with Crippen LogP contribution in [0.3, 0.4) is 0 Å². The van der Waals surface area contributed by atoms with Gasteiger partial charge in [-0.2, -0.15) is 8.42 Å². The Hall–Kier alpha value is -2.38. The fraction of sp³-hybridized carbons (Fsp3) is 0.235. The average molecular weight is 347 g/mol. The molecule has 24 heavy (non-hydrogen) atoms. The summed E-state index contributed by atoms with van der Waals surface area (Å²) in [5.74, 6) is 0. The standard InChI is InChI=1S/C17H17NO5S/c19-17(23-12-13-5-2-1-3-6-13)18-10-4-7-14-8-9-15(11-16(14)18)24(20,21)22/h1-3,5-6,8-9,11H,4,7,10,12H2,(H,20,21,22). The number of carbonyl (C=O) groups is 1. The molecule has 126 valence electrons. The van der Waals surface area contributed by atoms with Crippen molar-refractivity contribution in [1.82, 2.24) is 0 Å². The predicted molar refractivity (Wildman–Crippen MR) is 88.6 cm³/mol.